The molecule has 3 aliphatic heterocycles. The molecule has 3 saturated heterocycles. The summed E-state index contributed by atoms with van der Waals surface area (Å²) in [5, 5.41) is 15.4. The van der Waals surface area contributed by atoms with Crippen molar-refractivity contribution in [2.24, 2.45) is 17.8 Å². The Kier molecular flexibility index (Phi) is 8.11. The van der Waals surface area contributed by atoms with Crippen molar-refractivity contribution in [1.29, 1.82) is 0 Å². The first-order valence-corrected chi connectivity index (χ1v) is 14.0. The first kappa shape index (κ1) is 26.4. The lowest BCUT2D eigenvalue weighted by atomic mass is 9.62. The summed E-state index contributed by atoms with van der Waals surface area (Å²) in [5.41, 5.74) is -1.71. The van der Waals surface area contributed by atoms with E-state index in [1.165, 1.54) is 6.42 Å². The molecular weight excluding hydrogens is 446 g/mol. The van der Waals surface area contributed by atoms with Crippen LogP contribution in [-0.2, 0) is 19.1 Å². The number of aliphatic hydroxyl groups is 1. The number of carbonyl (C=O) groups excluding carboxylic acids is 3. The van der Waals surface area contributed by atoms with E-state index >= 15 is 0 Å². The molecule has 4 aliphatic rings. The number of nitrogens with zero attached hydrogens (tertiary/aromatic N) is 1. The molecular formula is C27H45N3O5. The summed E-state index contributed by atoms with van der Waals surface area (Å²) < 4.78 is 6.75. The summed E-state index contributed by atoms with van der Waals surface area (Å²) in [4.78, 5) is 43.0. The number of hydrogen-bond acceptors (Lipinski definition) is 5. The normalized spacial score (nSPS) is 36.5. The second-order valence-electron chi connectivity index (χ2n) is 11.5. The molecule has 6 atom stereocenters. The average molecular weight is 492 g/mol. The average Bonchev–Trinajstić information content (AvgIpc) is 3.34. The van der Waals surface area contributed by atoms with Crippen LogP contribution in [0, 0.1) is 17.8 Å². The molecule has 1 saturated carbocycles. The van der Waals surface area contributed by atoms with Gasteiger partial charge in [-0.3, -0.25) is 14.4 Å². The number of rotatable bonds is 11. The monoisotopic (exact) mass is 491 g/mol. The van der Waals surface area contributed by atoms with Gasteiger partial charge in [0.1, 0.15) is 11.6 Å². The Balaban J connectivity index is 1.62. The highest BCUT2D eigenvalue weighted by Gasteiger charge is 2.79. The fourth-order valence-corrected chi connectivity index (χ4v) is 7.31. The standard InChI is InChI=1S/C27H45N3O5/c1-4-14-28-23(32)20-21-25(34)30(15-10-5-6-11-16-31)22(24(33)29-19-12-8-7-9-13-19)27(21)17-18(2)26(20,3)35-27/h18-22,31H,4-17H2,1-3H3,(H,28,32)(H,29,33)/t18?,20-,21-,22?,26+,27?/m0/s1. The van der Waals surface area contributed by atoms with Crippen molar-refractivity contribution in [3.63, 3.8) is 0 Å². The van der Waals surface area contributed by atoms with Gasteiger partial charge in [-0.25, -0.2) is 0 Å². The van der Waals surface area contributed by atoms with Crippen LogP contribution in [0.15, 0.2) is 0 Å². The molecule has 4 rings (SSSR count). The smallest absolute Gasteiger partial charge is 0.246 e. The number of amides is 3. The largest absolute Gasteiger partial charge is 0.396 e. The van der Waals surface area contributed by atoms with Crippen LogP contribution in [0.3, 0.4) is 0 Å². The second-order valence-corrected chi connectivity index (χ2v) is 11.5. The summed E-state index contributed by atoms with van der Waals surface area (Å²) in [5.74, 6) is -1.50. The summed E-state index contributed by atoms with van der Waals surface area (Å²) in [7, 11) is 0. The maximum atomic E-state index is 14.0. The zero-order valence-corrected chi connectivity index (χ0v) is 21.8. The molecule has 2 bridgehead atoms. The van der Waals surface area contributed by atoms with Crippen LogP contribution in [0.1, 0.15) is 91.4 Å². The maximum Gasteiger partial charge on any atom is 0.246 e. The minimum atomic E-state index is -0.955. The zero-order valence-electron chi connectivity index (χ0n) is 21.8. The van der Waals surface area contributed by atoms with E-state index in [0.717, 1.165) is 57.8 Å². The van der Waals surface area contributed by atoms with Gasteiger partial charge in [-0.15, -0.1) is 0 Å². The zero-order chi connectivity index (χ0) is 25.2. The van der Waals surface area contributed by atoms with E-state index in [4.69, 9.17) is 9.84 Å². The molecule has 198 valence electrons. The van der Waals surface area contributed by atoms with Gasteiger partial charge in [0.25, 0.3) is 0 Å². The van der Waals surface area contributed by atoms with Crippen LogP contribution in [0.2, 0.25) is 0 Å². The van der Waals surface area contributed by atoms with E-state index in [-0.39, 0.29) is 36.3 Å². The van der Waals surface area contributed by atoms with Gasteiger partial charge < -0.3 is 25.4 Å². The molecule has 1 aliphatic carbocycles. The number of aliphatic hydroxyl groups excluding tert-OH is 1. The van der Waals surface area contributed by atoms with Crippen LogP contribution < -0.4 is 10.6 Å². The van der Waals surface area contributed by atoms with Crippen LogP contribution in [0.4, 0.5) is 0 Å². The Morgan fingerprint density at radius 1 is 1.11 bits per heavy atom. The van der Waals surface area contributed by atoms with Crippen molar-refractivity contribution < 1.29 is 24.2 Å². The molecule has 3 unspecified atom stereocenters. The van der Waals surface area contributed by atoms with E-state index in [1.54, 1.807) is 4.90 Å². The molecule has 0 radical (unpaired) electrons. The SMILES string of the molecule is CCCNC(=O)[C@@H]1[C@H]2C(=O)N(CCCCCCO)C(C(=O)NC3CCCCC3)C23CC(C)[C@@]1(C)O3. The molecule has 0 aromatic heterocycles. The van der Waals surface area contributed by atoms with Gasteiger partial charge in [-0.2, -0.15) is 0 Å². The molecule has 8 heteroatoms. The second kappa shape index (κ2) is 10.8. The van der Waals surface area contributed by atoms with Crippen LogP contribution >= 0.6 is 0 Å². The van der Waals surface area contributed by atoms with E-state index in [9.17, 15) is 14.4 Å². The first-order chi connectivity index (χ1) is 16.8. The number of nitrogens with one attached hydrogen (secondary N) is 2. The van der Waals surface area contributed by atoms with E-state index in [2.05, 4.69) is 17.6 Å². The molecule has 4 fully saturated rings. The minimum absolute atomic E-state index is 0.0680. The summed E-state index contributed by atoms with van der Waals surface area (Å²) >= 11 is 0. The van der Waals surface area contributed by atoms with Crippen LogP contribution in [-0.4, -0.2) is 70.7 Å². The van der Waals surface area contributed by atoms with Crippen molar-refractivity contribution in [1.82, 2.24) is 15.5 Å². The lowest BCUT2D eigenvalue weighted by Gasteiger charge is -2.36. The van der Waals surface area contributed by atoms with Crippen molar-refractivity contribution in [2.75, 3.05) is 19.7 Å². The number of unbranched alkanes of at least 4 members (excludes halogenated alkanes) is 3. The molecule has 3 amide bonds. The Hall–Kier alpha value is -1.67. The number of likely N-dealkylation sites (tertiary alicyclic amines) is 1. The number of ether oxygens (including phenoxy) is 1. The molecule has 35 heavy (non-hydrogen) atoms. The van der Waals surface area contributed by atoms with Crippen molar-refractivity contribution in [3.05, 3.63) is 0 Å². The Morgan fingerprint density at radius 2 is 1.83 bits per heavy atom. The van der Waals surface area contributed by atoms with Crippen molar-refractivity contribution in [2.45, 2.75) is 115 Å². The van der Waals surface area contributed by atoms with Gasteiger partial charge in [-0.1, -0.05) is 46.0 Å². The van der Waals surface area contributed by atoms with Gasteiger partial charge in [-0.05, 0) is 51.4 Å². The van der Waals surface area contributed by atoms with E-state index in [1.807, 2.05) is 13.8 Å². The number of carbonyl (C=O) groups is 3. The van der Waals surface area contributed by atoms with Crippen LogP contribution in [0.5, 0.6) is 0 Å². The maximum absolute atomic E-state index is 14.0. The molecule has 0 aromatic carbocycles. The topological polar surface area (TPSA) is 108 Å². The molecule has 3 N–H and O–H groups in total. The highest BCUT2D eigenvalue weighted by molar-refractivity contribution is 5.99. The third-order valence-electron chi connectivity index (χ3n) is 9.15. The lowest BCUT2D eigenvalue weighted by Crippen LogP contribution is -2.57. The number of fused-ring (bicyclic) bond motifs is 1. The van der Waals surface area contributed by atoms with Crippen molar-refractivity contribution in [3.8, 4) is 0 Å². The third-order valence-corrected chi connectivity index (χ3v) is 9.15. The fraction of sp³-hybridized carbons (Fsp3) is 0.889. The third kappa shape index (κ3) is 4.61. The summed E-state index contributed by atoms with van der Waals surface area (Å²) in [6.45, 7) is 7.26. The van der Waals surface area contributed by atoms with Crippen molar-refractivity contribution >= 4 is 17.7 Å². The van der Waals surface area contributed by atoms with Gasteiger partial charge in [0, 0.05) is 25.7 Å². The van der Waals surface area contributed by atoms with Gasteiger partial charge in [0.2, 0.25) is 17.7 Å². The highest BCUT2D eigenvalue weighted by Crippen LogP contribution is 2.65. The Bertz CT molecular complexity index is 800. The van der Waals surface area contributed by atoms with Gasteiger partial charge in [0.15, 0.2) is 0 Å². The molecule has 3 heterocycles. The van der Waals surface area contributed by atoms with Gasteiger partial charge in [0.05, 0.1) is 17.4 Å². The summed E-state index contributed by atoms with van der Waals surface area (Å²) in [6, 6.07) is -0.559. The quantitative estimate of drug-likeness (QED) is 0.385. The van der Waals surface area contributed by atoms with Gasteiger partial charge >= 0.3 is 0 Å². The minimum Gasteiger partial charge on any atom is -0.396 e. The summed E-state index contributed by atoms with van der Waals surface area (Å²) in [6.07, 6.45) is 10.1. The lowest BCUT2D eigenvalue weighted by molar-refractivity contribution is -0.148. The fourth-order valence-electron chi connectivity index (χ4n) is 7.31. The van der Waals surface area contributed by atoms with E-state index < -0.39 is 29.1 Å². The first-order valence-electron chi connectivity index (χ1n) is 14.0. The highest BCUT2D eigenvalue weighted by atomic mass is 16.5. The Labute approximate surface area is 209 Å². The number of hydrogen-bond donors (Lipinski definition) is 3. The molecule has 1 spiro atoms. The predicted molar refractivity (Wildman–Crippen MR) is 132 cm³/mol. The van der Waals surface area contributed by atoms with Crippen LogP contribution in [0.25, 0.3) is 0 Å². The predicted octanol–water partition coefficient (Wildman–Crippen LogP) is 2.52. The molecule has 0 aromatic rings. The molecule has 8 nitrogen and oxygen atoms in total. The Morgan fingerprint density at radius 3 is 2.51 bits per heavy atom. The van der Waals surface area contributed by atoms with E-state index in [0.29, 0.717) is 19.5 Å².